The van der Waals surface area contributed by atoms with E-state index in [1.54, 1.807) is 0 Å². The highest BCUT2D eigenvalue weighted by atomic mass is 32.2. The van der Waals surface area contributed by atoms with E-state index in [4.69, 9.17) is 0 Å². The molecule has 0 aromatic heterocycles. The van der Waals surface area contributed by atoms with Crippen molar-refractivity contribution in [3.63, 3.8) is 0 Å². The minimum absolute atomic E-state index is 0.141. The van der Waals surface area contributed by atoms with Crippen molar-refractivity contribution >= 4 is 21.6 Å². The first-order chi connectivity index (χ1) is 13.2. The fourth-order valence-corrected chi connectivity index (χ4v) is 4.87. The molecule has 2 aromatic carbocycles. The van der Waals surface area contributed by atoms with Gasteiger partial charge < -0.3 is 5.32 Å². The molecule has 1 N–H and O–H groups in total. The van der Waals surface area contributed by atoms with Gasteiger partial charge in [0.2, 0.25) is 15.9 Å². The fourth-order valence-electron chi connectivity index (χ4n) is 3.69. The minimum Gasteiger partial charge on any atom is -0.348 e. The molecule has 7 heteroatoms. The third kappa shape index (κ3) is 4.19. The fraction of sp³-hybridized carbons (Fsp3) is 0.381. The number of carbonyl (C=O) groups excluding carboxylic acids is 1. The number of anilines is 1. The van der Waals surface area contributed by atoms with E-state index >= 15 is 0 Å². The number of aryl methyl sites for hydroxylation is 2. The van der Waals surface area contributed by atoms with Crippen LogP contribution in [0.3, 0.4) is 0 Å². The highest BCUT2D eigenvalue weighted by Crippen LogP contribution is 2.27. The number of halogens is 1. The maximum absolute atomic E-state index is 14.2. The highest BCUT2D eigenvalue weighted by Gasteiger charge is 2.31. The van der Waals surface area contributed by atoms with Crippen LogP contribution in [0.2, 0.25) is 0 Å². The average Bonchev–Trinajstić information content (AvgIpc) is 3.10. The summed E-state index contributed by atoms with van der Waals surface area (Å²) in [5.74, 6) is -1.18. The van der Waals surface area contributed by atoms with Crippen molar-refractivity contribution in [2.45, 2.75) is 45.2 Å². The van der Waals surface area contributed by atoms with E-state index in [0.29, 0.717) is 0 Å². The summed E-state index contributed by atoms with van der Waals surface area (Å²) in [5, 5.41) is 2.86. The number of nitrogens with one attached hydrogen (secondary N) is 1. The van der Waals surface area contributed by atoms with Gasteiger partial charge in [-0.05, 0) is 61.9 Å². The van der Waals surface area contributed by atoms with Gasteiger partial charge in [0.05, 0.1) is 18.0 Å². The summed E-state index contributed by atoms with van der Waals surface area (Å²) in [7, 11) is -3.86. The van der Waals surface area contributed by atoms with Crippen LogP contribution in [0.1, 0.15) is 43.0 Å². The van der Waals surface area contributed by atoms with Gasteiger partial charge in [0.15, 0.2) is 0 Å². The molecule has 0 radical (unpaired) electrons. The molecule has 150 valence electrons. The van der Waals surface area contributed by atoms with Crippen molar-refractivity contribution < 1.29 is 17.6 Å². The summed E-state index contributed by atoms with van der Waals surface area (Å²) < 4.78 is 39.6. The number of amides is 1. The van der Waals surface area contributed by atoms with E-state index in [0.717, 1.165) is 35.4 Å². The molecule has 0 heterocycles. The van der Waals surface area contributed by atoms with Gasteiger partial charge in [-0.3, -0.25) is 9.10 Å². The van der Waals surface area contributed by atoms with Crippen LogP contribution in [0.25, 0.3) is 0 Å². The summed E-state index contributed by atoms with van der Waals surface area (Å²) in [6.45, 7) is 3.31. The Bertz CT molecular complexity index is 991. The molecule has 0 spiro atoms. The minimum atomic E-state index is -3.86. The Balaban J connectivity index is 1.81. The van der Waals surface area contributed by atoms with Crippen molar-refractivity contribution in [2.75, 3.05) is 10.6 Å². The number of carbonyl (C=O) groups is 1. The first-order valence-corrected chi connectivity index (χ1v) is 11.2. The normalized spacial score (nSPS) is 15.6. The second-order valence-electron chi connectivity index (χ2n) is 7.30. The third-order valence-electron chi connectivity index (χ3n) is 5.16. The first-order valence-electron chi connectivity index (χ1n) is 9.34. The SMILES string of the molecule is C[C@H](NC(=O)[C@H](C)N(c1ccccc1F)S(C)(=O)=O)c1ccc2c(c1)CCC2. The Morgan fingerprint density at radius 2 is 1.79 bits per heavy atom. The Hall–Kier alpha value is -2.41. The van der Waals surface area contributed by atoms with Crippen LogP contribution < -0.4 is 9.62 Å². The van der Waals surface area contributed by atoms with E-state index in [1.165, 1.54) is 42.3 Å². The number of nitrogens with zero attached hydrogens (tertiary/aromatic N) is 1. The molecule has 3 rings (SSSR count). The summed E-state index contributed by atoms with van der Waals surface area (Å²) in [4.78, 5) is 12.8. The van der Waals surface area contributed by atoms with Crippen LogP contribution in [0.4, 0.5) is 10.1 Å². The summed E-state index contributed by atoms with van der Waals surface area (Å²) in [6.07, 6.45) is 4.23. The van der Waals surface area contributed by atoms with Gasteiger partial charge in [0.1, 0.15) is 11.9 Å². The van der Waals surface area contributed by atoms with Crippen LogP contribution in [-0.4, -0.2) is 26.6 Å². The van der Waals surface area contributed by atoms with Crippen molar-refractivity contribution in [1.29, 1.82) is 0 Å². The Labute approximate surface area is 165 Å². The van der Waals surface area contributed by atoms with Gasteiger partial charge >= 0.3 is 0 Å². The maximum atomic E-state index is 14.2. The molecule has 5 nitrogen and oxygen atoms in total. The van der Waals surface area contributed by atoms with Crippen LogP contribution in [0.5, 0.6) is 0 Å². The average molecular weight is 405 g/mol. The molecule has 0 unspecified atom stereocenters. The first kappa shape index (κ1) is 20.3. The van der Waals surface area contributed by atoms with Crippen molar-refractivity contribution in [2.24, 2.45) is 0 Å². The van der Waals surface area contributed by atoms with Gasteiger partial charge in [-0.15, -0.1) is 0 Å². The van der Waals surface area contributed by atoms with Gasteiger partial charge in [-0.25, -0.2) is 12.8 Å². The lowest BCUT2D eigenvalue weighted by atomic mass is 10.0. The van der Waals surface area contributed by atoms with Crippen LogP contribution >= 0.6 is 0 Å². The summed E-state index contributed by atoms with van der Waals surface area (Å²) in [5.41, 5.74) is 3.48. The number of hydrogen-bond acceptors (Lipinski definition) is 3. The smallest absolute Gasteiger partial charge is 0.244 e. The van der Waals surface area contributed by atoms with E-state index in [2.05, 4.69) is 17.4 Å². The second kappa shape index (κ2) is 7.91. The molecule has 2 atom stereocenters. The second-order valence-corrected chi connectivity index (χ2v) is 9.16. The molecule has 1 aliphatic carbocycles. The van der Waals surface area contributed by atoms with Crippen LogP contribution in [0.15, 0.2) is 42.5 Å². The van der Waals surface area contributed by atoms with E-state index in [9.17, 15) is 17.6 Å². The monoisotopic (exact) mass is 404 g/mol. The molecule has 28 heavy (non-hydrogen) atoms. The van der Waals surface area contributed by atoms with E-state index in [-0.39, 0.29) is 11.7 Å². The lowest BCUT2D eigenvalue weighted by Gasteiger charge is -2.29. The number of hydrogen-bond donors (Lipinski definition) is 1. The van der Waals surface area contributed by atoms with Gasteiger partial charge in [0.25, 0.3) is 0 Å². The molecule has 1 aliphatic rings. The Kier molecular flexibility index (Phi) is 5.74. The number of fused-ring (bicyclic) bond motifs is 1. The lowest BCUT2D eigenvalue weighted by molar-refractivity contribution is -0.122. The Morgan fingerprint density at radius 3 is 2.46 bits per heavy atom. The number of rotatable bonds is 6. The largest absolute Gasteiger partial charge is 0.348 e. The predicted octanol–water partition coefficient (Wildman–Crippen LogP) is 3.35. The quantitative estimate of drug-likeness (QED) is 0.803. The molecule has 2 aromatic rings. The molecule has 0 saturated heterocycles. The number of sulfonamides is 1. The zero-order valence-electron chi connectivity index (χ0n) is 16.3. The molecular weight excluding hydrogens is 379 g/mol. The summed E-state index contributed by atoms with van der Waals surface area (Å²) >= 11 is 0. The van der Waals surface area contributed by atoms with Crippen LogP contribution in [0, 0.1) is 5.82 Å². The third-order valence-corrected chi connectivity index (χ3v) is 6.39. The maximum Gasteiger partial charge on any atom is 0.244 e. The van der Waals surface area contributed by atoms with Gasteiger partial charge in [-0.1, -0.05) is 30.3 Å². The van der Waals surface area contributed by atoms with Gasteiger partial charge in [-0.2, -0.15) is 0 Å². The number of para-hydroxylation sites is 1. The molecule has 0 fully saturated rings. The van der Waals surface area contributed by atoms with Crippen molar-refractivity contribution in [3.05, 3.63) is 65.0 Å². The standard InChI is InChI=1S/C21H25FN2O3S/c1-14(17-12-11-16-7-6-8-18(16)13-17)23-21(25)15(2)24(28(3,26)27)20-10-5-4-9-19(20)22/h4-5,9-15H,6-8H2,1-3H3,(H,23,25)/t14-,15-/m0/s1. The predicted molar refractivity (Wildman–Crippen MR) is 108 cm³/mol. The molecule has 0 aliphatic heterocycles. The summed E-state index contributed by atoms with van der Waals surface area (Å²) in [6, 6.07) is 10.3. The molecular formula is C21H25FN2O3S. The molecule has 1 amide bonds. The van der Waals surface area contributed by atoms with Crippen molar-refractivity contribution in [1.82, 2.24) is 5.32 Å². The lowest BCUT2D eigenvalue weighted by Crippen LogP contribution is -2.48. The molecule has 0 saturated carbocycles. The zero-order valence-corrected chi connectivity index (χ0v) is 17.1. The number of benzene rings is 2. The highest BCUT2D eigenvalue weighted by molar-refractivity contribution is 7.92. The van der Waals surface area contributed by atoms with Crippen LogP contribution in [-0.2, 0) is 27.7 Å². The topological polar surface area (TPSA) is 66.5 Å². The Morgan fingerprint density at radius 1 is 1.11 bits per heavy atom. The zero-order chi connectivity index (χ0) is 20.5. The van der Waals surface area contributed by atoms with Gasteiger partial charge in [0, 0.05) is 0 Å². The van der Waals surface area contributed by atoms with E-state index < -0.39 is 27.8 Å². The van der Waals surface area contributed by atoms with Crippen molar-refractivity contribution in [3.8, 4) is 0 Å². The molecule has 0 bridgehead atoms. The van der Waals surface area contributed by atoms with E-state index in [1.807, 2.05) is 13.0 Å².